The summed E-state index contributed by atoms with van der Waals surface area (Å²) in [5.74, 6) is 1.57. The minimum Gasteiger partial charge on any atom is -0.274 e. The second kappa shape index (κ2) is 7.18. The van der Waals surface area contributed by atoms with Gasteiger partial charge < -0.3 is 0 Å². The lowest BCUT2D eigenvalue weighted by atomic mass is 10.1. The molecule has 3 rings (SSSR count). The number of aryl methyl sites for hydroxylation is 3. The molecule has 3 nitrogen and oxygen atoms in total. The molecule has 0 aliphatic heterocycles. The van der Waals surface area contributed by atoms with Crippen LogP contribution in [0.2, 0.25) is 10.0 Å². The van der Waals surface area contributed by atoms with Gasteiger partial charge in [-0.05, 0) is 61.7 Å². The Morgan fingerprint density at radius 2 is 1.75 bits per heavy atom. The molecule has 0 aliphatic rings. The van der Waals surface area contributed by atoms with Crippen LogP contribution in [0.5, 0.6) is 0 Å². The second-order valence-corrected chi connectivity index (χ2v) is 7.44. The fraction of sp³-hybridized carbons (Fsp3) is 0.222. The summed E-state index contributed by atoms with van der Waals surface area (Å²) < 4.78 is 2.07. The summed E-state index contributed by atoms with van der Waals surface area (Å²) in [4.78, 5) is 0. The standard InChI is InChI=1S/C18H17Cl2N3S/c1-11-4-7-16(8-12(11)2)23-13(3)21-22-18(23)24-10-14-5-6-15(19)9-17(14)20/h4-9H,10H2,1-3H3. The van der Waals surface area contributed by atoms with Gasteiger partial charge in [-0.3, -0.25) is 4.57 Å². The highest BCUT2D eigenvalue weighted by Gasteiger charge is 2.13. The molecular formula is C18H17Cl2N3S. The predicted octanol–water partition coefficient (Wildman–Crippen LogP) is 5.79. The first-order valence-corrected chi connectivity index (χ1v) is 9.26. The largest absolute Gasteiger partial charge is 0.274 e. The molecule has 0 radical (unpaired) electrons. The zero-order valence-electron chi connectivity index (χ0n) is 13.7. The lowest BCUT2D eigenvalue weighted by molar-refractivity contribution is 0.866. The first-order valence-electron chi connectivity index (χ1n) is 7.52. The van der Waals surface area contributed by atoms with Crippen molar-refractivity contribution >= 4 is 35.0 Å². The molecule has 24 heavy (non-hydrogen) atoms. The van der Waals surface area contributed by atoms with Gasteiger partial charge in [0, 0.05) is 21.5 Å². The minimum absolute atomic E-state index is 0.642. The summed E-state index contributed by atoms with van der Waals surface area (Å²) in [5.41, 5.74) is 4.62. The summed E-state index contributed by atoms with van der Waals surface area (Å²) in [5, 5.41) is 10.7. The Bertz CT molecular complexity index is 890. The molecule has 0 spiro atoms. The third-order valence-electron chi connectivity index (χ3n) is 3.92. The number of rotatable bonds is 4. The van der Waals surface area contributed by atoms with Crippen molar-refractivity contribution in [1.29, 1.82) is 0 Å². The monoisotopic (exact) mass is 377 g/mol. The van der Waals surface area contributed by atoms with Crippen molar-refractivity contribution in [3.05, 3.63) is 69.0 Å². The highest BCUT2D eigenvalue weighted by Crippen LogP contribution is 2.29. The van der Waals surface area contributed by atoms with Gasteiger partial charge in [-0.1, -0.05) is 47.1 Å². The van der Waals surface area contributed by atoms with Crippen LogP contribution < -0.4 is 0 Å². The Hall–Kier alpha value is -1.49. The second-order valence-electron chi connectivity index (χ2n) is 5.66. The van der Waals surface area contributed by atoms with Crippen LogP contribution in [-0.2, 0) is 5.75 Å². The van der Waals surface area contributed by atoms with Gasteiger partial charge in [-0.15, -0.1) is 10.2 Å². The topological polar surface area (TPSA) is 30.7 Å². The van der Waals surface area contributed by atoms with E-state index in [1.807, 2.05) is 19.1 Å². The summed E-state index contributed by atoms with van der Waals surface area (Å²) >= 11 is 13.8. The van der Waals surface area contributed by atoms with Gasteiger partial charge in [0.05, 0.1) is 0 Å². The van der Waals surface area contributed by atoms with Crippen molar-refractivity contribution < 1.29 is 0 Å². The SMILES string of the molecule is Cc1ccc(-n2c(C)nnc2SCc2ccc(Cl)cc2Cl)cc1C. The van der Waals surface area contributed by atoms with Gasteiger partial charge in [0.1, 0.15) is 5.82 Å². The molecule has 0 amide bonds. The maximum atomic E-state index is 6.26. The Balaban J connectivity index is 1.88. The van der Waals surface area contributed by atoms with E-state index in [1.165, 1.54) is 11.1 Å². The van der Waals surface area contributed by atoms with Crippen molar-refractivity contribution in [2.24, 2.45) is 0 Å². The van der Waals surface area contributed by atoms with E-state index in [9.17, 15) is 0 Å². The maximum Gasteiger partial charge on any atom is 0.196 e. The van der Waals surface area contributed by atoms with Crippen LogP contribution in [-0.4, -0.2) is 14.8 Å². The predicted molar refractivity (Wildman–Crippen MR) is 102 cm³/mol. The average molecular weight is 378 g/mol. The van der Waals surface area contributed by atoms with E-state index >= 15 is 0 Å². The fourth-order valence-electron chi connectivity index (χ4n) is 2.38. The fourth-order valence-corrected chi connectivity index (χ4v) is 3.94. The highest BCUT2D eigenvalue weighted by atomic mass is 35.5. The summed E-state index contributed by atoms with van der Waals surface area (Å²) in [6, 6.07) is 11.9. The number of halogens is 2. The first-order chi connectivity index (χ1) is 11.5. The highest BCUT2D eigenvalue weighted by molar-refractivity contribution is 7.98. The van der Waals surface area contributed by atoms with Crippen molar-refractivity contribution in [2.75, 3.05) is 0 Å². The average Bonchev–Trinajstić information content (AvgIpc) is 2.90. The molecular weight excluding hydrogens is 361 g/mol. The molecule has 1 aromatic heterocycles. The van der Waals surface area contributed by atoms with Gasteiger partial charge >= 0.3 is 0 Å². The van der Waals surface area contributed by atoms with E-state index in [0.717, 1.165) is 22.2 Å². The van der Waals surface area contributed by atoms with Gasteiger partial charge in [0.2, 0.25) is 0 Å². The van der Waals surface area contributed by atoms with E-state index in [1.54, 1.807) is 17.8 Å². The number of aromatic nitrogens is 3. The van der Waals surface area contributed by atoms with Crippen LogP contribution in [0.25, 0.3) is 5.69 Å². The van der Waals surface area contributed by atoms with E-state index < -0.39 is 0 Å². The Morgan fingerprint density at radius 1 is 0.958 bits per heavy atom. The van der Waals surface area contributed by atoms with Crippen LogP contribution in [0.3, 0.4) is 0 Å². The van der Waals surface area contributed by atoms with Crippen molar-refractivity contribution in [3.63, 3.8) is 0 Å². The number of nitrogens with zero attached hydrogens (tertiary/aromatic N) is 3. The Labute approximate surface area is 156 Å². The van der Waals surface area contributed by atoms with Crippen LogP contribution >= 0.6 is 35.0 Å². The van der Waals surface area contributed by atoms with E-state index in [2.05, 4.69) is 46.8 Å². The molecule has 0 aliphatic carbocycles. The van der Waals surface area contributed by atoms with Crippen molar-refractivity contribution in [2.45, 2.75) is 31.7 Å². The van der Waals surface area contributed by atoms with Gasteiger partial charge in [0.25, 0.3) is 0 Å². The molecule has 0 bridgehead atoms. The van der Waals surface area contributed by atoms with Crippen LogP contribution in [0.1, 0.15) is 22.5 Å². The van der Waals surface area contributed by atoms with Crippen molar-refractivity contribution in [3.8, 4) is 5.69 Å². The van der Waals surface area contributed by atoms with E-state index in [4.69, 9.17) is 23.2 Å². The lowest BCUT2D eigenvalue weighted by Gasteiger charge is -2.11. The zero-order valence-corrected chi connectivity index (χ0v) is 16.0. The Morgan fingerprint density at radius 3 is 2.46 bits per heavy atom. The minimum atomic E-state index is 0.642. The quantitative estimate of drug-likeness (QED) is 0.538. The zero-order chi connectivity index (χ0) is 17.3. The number of thioether (sulfide) groups is 1. The normalized spacial score (nSPS) is 11.0. The molecule has 0 unspecified atom stereocenters. The van der Waals surface area contributed by atoms with Crippen LogP contribution in [0, 0.1) is 20.8 Å². The van der Waals surface area contributed by atoms with E-state index in [0.29, 0.717) is 15.8 Å². The van der Waals surface area contributed by atoms with Gasteiger partial charge in [0.15, 0.2) is 5.16 Å². The molecule has 0 saturated carbocycles. The molecule has 0 atom stereocenters. The summed E-state index contributed by atoms with van der Waals surface area (Å²) in [6.45, 7) is 6.18. The van der Waals surface area contributed by atoms with Crippen molar-refractivity contribution in [1.82, 2.24) is 14.8 Å². The molecule has 3 aromatic rings. The molecule has 2 aromatic carbocycles. The lowest BCUT2D eigenvalue weighted by Crippen LogP contribution is -2.00. The van der Waals surface area contributed by atoms with E-state index in [-0.39, 0.29) is 0 Å². The summed E-state index contributed by atoms with van der Waals surface area (Å²) in [7, 11) is 0. The maximum absolute atomic E-state index is 6.26. The molecule has 0 fully saturated rings. The smallest absolute Gasteiger partial charge is 0.196 e. The first kappa shape index (κ1) is 17.3. The van der Waals surface area contributed by atoms with Gasteiger partial charge in [-0.25, -0.2) is 0 Å². The molecule has 0 saturated heterocycles. The third kappa shape index (κ3) is 3.61. The van der Waals surface area contributed by atoms with Crippen LogP contribution in [0.4, 0.5) is 0 Å². The number of hydrogen-bond acceptors (Lipinski definition) is 3. The molecule has 1 heterocycles. The molecule has 124 valence electrons. The molecule has 6 heteroatoms. The Kier molecular flexibility index (Phi) is 5.18. The molecule has 0 N–H and O–H groups in total. The number of hydrogen-bond donors (Lipinski definition) is 0. The summed E-state index contributed by atoms with van der Waals surface area (Å²) in [6.07, 6.45) is 0. The number of benzene rings is 2. The van der Waals surface area contributed by atoms with Crippen LogP contribution in [0.15, 0.2) is 41.6 Å². The third-order valence-corrected chi connectivity index (χ3v) is 5.48. The van der Waals surface area contributed by atoms with Gasteiger partial charge in [-0.2, -0.15) is 0 Å².